The molecule has 1 N–H and O–H groups in total. The van der Waals surface area contributed by atoms with Gasteiger partial charge < -0.3 is 10.1 Å². The SMILES string of the molecule is CC1CCC2(CC1)NC(=O)N(CN(C)Cc1ccccc1OC(F)(F)F)C2=O. The number of carbonyl (C=O) groups is 2. The van der Waals surface area contributed by atoms with Crippen LogP contribution in [0.5, 0.6) is 5.75 Å². The lowest BCUT2D eigenvalue weighted by molar-refractivity contribution is -0.275. The standard InChI is InChI=1S/C19H24F3N3O3/c1-13-7-9-18(10-8-13)16(26)25(17(27)23-18)12-24(2)11-14-5-3-4-6-15(14)28-19(20,21)22/h3-6,13H,7-12H2,1-2H3,(H,23,27). The van der Waals surface area contributed by atoms with E-state index in [9.17, 15) is 22.8 Å². The molecule has 1 aromatic rings. The third kappa shape index (κ3) is 4.40. The molecule has 0 radical (unpaired) electrons. The maximum atomic E-state index is 12.9. The van der Waals surface area contributed by atoms with Gasteiger partial charge in [0, 0.05) is 12.1 Å². The predicted molar refractivity (Wildman–Crippen MR) is 95.2 cm³/mol. The first kappa shape index (κ1) is 20.4. The van der Waals surface area contributed by atoms with E-state index in [4.69, 9.17) is 0 Å². The maximum Gasteiger partial charge on any atom is 0.573 e. The lowest BCUT2D eigenvalue weighted by Crippen LogP contribution is -2.49. The second kappa shape index (κ2) is 7.62. The molecule has 0 atom stereocenters. The number of nitrogens with one attached hydrogen (secondary N) is 1. The summed E-state index contributed by atoms with van der Waals surface area (Å²) in [5.41, 5.74) is -0.516. The average Bonchev–Trinajstić information content (AvgIpc) is 2.82. The lowest BCUT2D eigenvalue weighted by Gasteiger charge is -2.33. The maximum absolute atomic E-state index is 12.9. The van der Waals surface area contributed by atoms with Crippen molar-refractivity contribution in [2.24, 2.45) is 5.92 Å². The number of carbonyl (C=O) groups excluding carboxylic acids is 2. The first-order valence-corrected chi connectivity index (χ1v) is 9.26. The van der Waals surface area contributed by atoms with Crippen LogP contribution in [-0.4, -0.2) is 47.4 Å². The summed E-state index contributed by atoms with van der Waals surface area (Å²) >= 11 is 0. The number of ether oxygens (including phenoxy) is 1. The molecule has 1 saturated heterocycles. The first-order chi connectivity index (χ1) is 13.1. The minimum absolute atomic E-state index is 0.0116. The van der Waals surface area contributed by atoms with Crippen LogP contribution < -0.4 is 10.1 Å². The molecular formula is C19H24F3N3O3. The van der Waals surface area contributed by atoms with Crippen molar-refractivity contribution in [3.05, 3.63) is 29.8 Å². The fourth-order valence-electron chi connectivity index (χ4n) is 3.84. The molecular weight excluding hydrogens is 375 g/mol. The quantitative estimate of drug-likeness (QED) is 0.771. The predicted octanol–water partition coefficient (Wildman–Crippen LogP) is 3.48. The number of nitrogens with zero attached hydrogens (tertiary/aromatic N) is 2. The number of halogens is 3. The Morgan fingerprint density at radius 3 is 2.54 bits per heavy atom. The average molecular weight is 399 g/mol. The number of imide groups is 1. The van der Waals surface area contributed by atoms with E-state index in [0.29, 0.717) is 24.3 Å². The van der Waals surface area contributed by atoms with Gasteiger partial charge in [-0.1, -0.05) is 25.1 Å². The Morgan fingerprint density at radius 2 is 1.89 bits per heavy atom. The lowest BCUT2D eigenvalue weighted by atomic mass is 9.77. The summed E-state index contributed by atoms with van der Waals surface area (Å²) < 4.78 is 41.8. The van der Waals surface area contributed by atoms with Gasteiger partial charge in [0.15, 0.2) is 0 Å². The van der Waals surface area contributed by atoms with Gasteiger partial charge in [-0.3, -0.25) is 9.69 Å². The fourth-order valence-corrected chi connectivity index (χ4v) is 3.84. The highest BCUT2D eigenvalue weighted by Crippen LogP contribution is 2.36. The summed E-state index contributed by atoms with van der Waals surface area (Å²) in [6, 6.07) is 5.37. The first-order valence-electron chi connectivity index (χ1n) is 9.26. The molecule has 3 rings (SSSR count). The van der Waals surface area contributed by atoms with E-state index in [-0.39, 0.29) is 24.9 Å². The van der Waals surface area contributed by atoms with Gasteiger partial charge in [0.05, 0.1) is 6.67 Å². The van der Waals surface area contributed by atoms with Crippen molar-refractivity contribution in [3.63, 3.8) is 0 Å². The Hall–Kier alpha value is -2.29. The van der Waals surface area contributed by atoms with Crippen molar-refractivity contribution < 1.29 is 27.5 Å². The zero-order chi connectivity index (χ0) is 20.5. The number of rotatable bonds is 5. The molecule has 1 aliphatic carbocycles. The van der Waals surface area contributed by atoms with Crippen molar-refractivity contribution in [1.82, 2.24) is 15.1 Å². The Balaban J connectivity index is 1.66. The molecule has 1 spiro atoms. The van der Waals surface area contributed by atoms with E-state index in [1.807, 2.05) is 0 Å². The summed E-state index contributed by atoms with van der Waals surface area (Å²) in [4.78, 5) is 28.0. The molecule has 1 heterocycles. The molecule has 154 valence electrons. The van der Waals surface area contributed by atoms with Crippen LogP contribution in [0.3, 0.4) is 0 Å². The van der Waals surface area contributed by atoms with Crippen molar-refractivity contribution in [3.8, 4) is 5.75 Å². The number of urea groups is 1. The summed E-state index contributed by atoms with van der Waals surface area (Å²) in [6.45, 7) is 2.20. The van der Waals surface area contributed by atoms with Gasteiger partial charge >= 0.3 is 12.4 Å². The van der Waals surface area contributed by atoms with E-state index >= 15 is 0 Å². The summed E-state index contributed by atoms with van der Waals surface area (Å²) in [5.74, 6) is -0.0231. The van der Waals surface area contributed by atoms with Crippen LogP contribution >= 0.6 is 0 Å². The topological polar surface area (TPSA) is 61.9 Å². The van der Waals surface area contributed by atoms with Crippen LogP contribution in [0.2, 0.25) is 0 Å². The Labute approximate surface area is 161 Å². The van der Waals surface area contributed by atoms with Crippen LogP contribution in [0.15, 0.2) is 24.3 Å². The Morgan fingerprint density at radius 1 is 1.25 bits per heavy atom. The van der Waals surface area contributed by atoms with Crippen molar-refractivity contribution in [2.75, 3.05) is 13.7 Å². The van der Waals surface area contributed by atoms with E-state index in [1.165, 1.54) is 18.2 Å². The molecule has 3 amide bonds. The van der Waals surface area contributed by atoms with Crippen LogP contribution in [0.4, 0.5) is 18.0 Å². The molecule has 0 bridgehead atoms. The molecule has 1 aromatic carbocycles. The van der Waals surface area contributed by atoms with Gasteiger partial charge in [0.1, 0.15) is 11.3 Å². The van der Waals surface area contributed by atoms with Gasteiger partial charge in [-0.05, 0) is 44.7 Å². The summed E-state index contributed by atoms with van der Waals surface area (Å²) in [5, 5.41) is 2.84. The number of hydrogen-bond donors (Lipinski definition) is 1. The van der Waals surface area contributed by atoms with Gasteiger partial charge in [-0.2, -0.15) is 0 Å². The second-order valence-corrected chi connectivity index (χ2v) is 7.74. The monoisotopic (exact) mass is 399 g/mol. The van der Waals surface area contributed by atoms with E-state index in [0.717, 1.165) is 17.7 Å². The highest BCUT2D eigenvalue weighted by atomic mass is 19.4. The number of amides is 3. The molecule has 28 heavy (non-hydrogen) atoms. The van der Waals surface area contributed by atoms with Gasteiger partial charge in [0.25, 0.3) is 5.91 Å². The Kier molecular flexibility index (Phi) is 5.56. The molecule has 1 saturated carbocycles. The molecule has 1 aliphatic heterocycles. The molecule has 0 unspecified atom stereocenters. The number of hydrogen-bond acceptors (Lipinski definition) is 4. The molecule has 2 aliphatic rings. The fraction of sp³-hybridized carbons (Fsp3) is 0.579. The van der Waals surface area contributed by atoms with Gasteiger partial charge in [-0.25, -0.2) is 9.69 Å². The van der Waals surface area contributed by atoms with E-state index < -0.39 is 17.9 Å². The minimum Gasteiger partial charge on any atom is -0.405 e. The number of para-hydroxylation sites is 1. The van der Waals surface area contributed by atoms with Gasteiger partial charge in [0.2, 0.25) is 0 Å². The van der Waals surface area contributed by atoms with E-state index in [1.54, 1.807) is 18.0 Å². The zero-order valence-corrected chi connectivity index (χ0v) is 15.9. The largest absolute Gasteiger partial charge is 0.573 e. The van der Waals surface area contributed by atoms with Crippen molar-refractivity contribution in [2.45, 2.75) is 51.1 Å². The smallest absolute Gasteiger partial charge is 0.405 e. The zero-order valence-electron chi connectivity index (χ0n) is 15.9. The van der Waals surface area contributed by atoms with Crippen molar-refractivity contribution in [1.29, 1.82) is 0 Å². The molecule has 6 nitrogen and oxygen atoms in total. The van der Waals surface area contributed by atoms with Crippen LogP contribution in [0.25, 0.3) is 0 Å². The molecule has 2 fully saturated rings. The van der Waals surface area contributed by atoms with Crippen molar-refractivity contribution >= 4 is 11.9 Å². The second-order valence-electron chi connectivity index (χ2n) is 7.74. The summed E-state index contributed by atoms with van der Waals surface area (Å²) in [7, 11) is 1.64. The van der Waals surface area contributed by atoms with Crippen LogP contribution in [-0.2, 0) is 11.3 Å². The highest BCUT2D eigenvalue weighted by molar-refractivity contribution is 6.07. The highest BCUT2D eigenvalue weighted by Gasteiger charge is 2.52. The Bertz CT molecular complexity index is 745. The third-order valence-corrected chi connectivity index (χ3v) is 5.40. The summed E-state index contributed by atoms with van der Waals surface area (Å²) in [6.07, 6.45) is -1.82. The minimum atomic E-state index is -4.79. The van der Waals surface area contributed by atoms with E-state index in [2.05, 4.69) is 17.0 Å². The molecule has 0 aromatic heterocycles. The van der Waals surface area contributed by atoms with Crippen LogP contribution in [0, 0.1) is 5.92 Å². The number of alkyl halides is 3. The van der Waals surface area contributed by atoms with Gasteiger partial charge in [-0.15, -0.1) is 13.2 Å². The normalized spacial score (nSPS) is 25.5. The van der Waals surface area contributed by atoms with Crippen LogP contribution in [0.1, 0.15) is 38.2 Å². The number of benzene rings is 1. The molecule has 9 heteroatoms. The third-order valence-electron chi connectivity index (χ3n) is 5.40.